The van der Waals surface area contributed by atoms with Gasteiger partial charge in [0.15, 0.2) is 0 Å². The van der Waals surface area contributed by atoms with Crippen molar-refractivity contribution in [3.05, 3.63) is 88.8 Å². The van der Waals surface area contributed by atoms with Crippen LogP contribution in [0.1, 0.15) is 22.5 Å². The van der Waals surface area contributed by atoms with Gasteiger partial charge >= 0.3 is 12.2 Å². The number of nitrogens with zero attached hydrogens (tertiary/aromatic N) is 2. The standard InChI is InChI=1S/C24H18F3N3O3/c1-14-11-16(15(2)29(14)19-10-6-7-17(13-19)24(25,26)27)12-20-21(31)28-23(33)30(22(20)32)18-8-4-3-5-9-18/h3-13H,1-2H3,(H,28,31,33)/b20-12-. The number of barbiturate groups is 1. The maximum atomic E-state index is 13.2. The lowest BCUT2D eigenvalue weighted by atomic mass is 10.1. The Morgan fingerprint density at radius 2 is 1.55 bits per heavy atom. The van der Waals surface area contributed by atoms with E-state index in [1.807, 2.05) is 0 Å². The molecule has 2 heterocycles. The van der Waals surface area contributed by atoms with Crippen LogP contribution >= 0.6 is 0 Å². The van der Waals surface area contributed by atoms with Crippen LogP contribution < -0.4 is 10.2 Å². The van der Waals surface area contributed by atoms with Crippen LogP contribution in [-0.4, -0.2) is 22.4 Å². The first-order chi connectivity index (χ1) is 15.6. The van der Waals surface area contributed by atoms with E-state index in [4.69, 9.17) is 0 Å². The van der Waals surface area contributed by atoms with E-state index in [1.165, 1.54) is 12.1 Å². The van der Waals surface area contributed by atoms with Gasteiger partial charge in [0, 0.05) is 17.1 Å². The Hall–Kier alpha value is -4.14. The van der Waals surface area contributed by atoms with Crippen LogP contribution in [0.5, 0.6) is 0 Å². The maximum Gasteiger partial charge on any atom is 0.416 e. The molecule has 9 heteroatoms. The highest BCUT2D eigenvalue weighted by atomic mass is 19.4. The van der Waals surface area contributed by atoms with Gasteiger partial charge in [-0.3, -0.25) is 14.9 Å². The van der Waals surface area contributed by atoms with Crippen molar-refractivity contribution in [1.29, 1.82) is 0 Å². The summed E-state index contributed by atoms with van der Waals surface area (Å²) >= 11 is 0. The lowest BCUT2D eigenvalue weighted by molar-refractivity contribution is -0.137. The van der Waals surface area contributed by atoms with Crippen molar-refractivity contribution in [2.75, 3.05) is 4.90 Å². The lowest BCUT2D eigenvalue weighted by Gasteiger charge is -2.26. The first kappa shape index (κ1) is 22.1. The summed E-state index contributed by atoms with van der Waals surface area (Å²) < 4.78 is 41.1. The van der Waals surface area contributed by atoms with Crippen molar-refractivity contribution in [3.63, 3.8) is 0 Å². The van der Waals surface area contributed by atoms with Crippen molar-refractivity contribution in [2.24, 2.45) is 0 Å². The molecule has 1 aliphatic rings. The van der Waals surface area contributed by atoms with Gasteiger partial charge in [-0.2, -0.15) is 13.2 Å². The third-order valence-electron chi connectivity index (χ3n) is 5.32. The van der Waals surface area contributed by atoms with Gasteiger partial charge < -0.3 is 4.57 Å². The largest absolute Gasteiger partial charge is 0.416 e. The van der Waals surface area contributed by atoms with Gasteiger partial charge in [0.2, 0.25) is 0 Å². The van der Waals surface area contributed by atoms with Gasteiger partial charge in [0.1, 0.15) is 5.57 Å². The second-order valence-corrected chi connectivity index (χ2v) is 7.50. The van der Waals surface area contributed by atoms with E-state index in [0.717, 1.165) is 17.0 Å². The Morgan fingerprint density at radius 1 is 0.879 bits per heavy atom. The molecule has 0 aliphatic carbocycles. The molecule has 0 unspecified atom stereocenters. The van der Waals surface area contributed by atoms with Gasteiger partial charge in [-0.05, 0) is 61.9 Å². The number of carbonyl (C=O) groups is 3. The smallest absolute Gasteiger partial charge is 0.318 e. The fraction of sp³-hybridized carbons (Fsp3) is 0.125. The zero-order valence-electron chi connectivity index (χ0n) is 17.6. The molecule has 1 aromatic heterocycles. The molecule has 4 rings (SSSR count). The Morgan fingerprint density at radius 3 is 2.21 bits per heavy atom. The zero-order valence-corrected chi connectivity index (χ0v) is 17.6. The van der Waals surface area contributed by atoms with Crippen LogP contribution in [0.2, 0.25) is 0 Å². The molecule has 6 nitrogen and oxygen atoms in total. The molecule has 1 aliphatic heterocycles. The highest BCUT2D eigenvalue weighted by Gasteiger charge is 2.37. The number of anilines is 1. The van der Waals surface area contributed by atoms with Crippen molar-refractivity contribution < 1.29 is 27.6 Å². The highest BCUT2D eigenvalue weighted by Crippen LogP contribution is 2.32. The SMILES string of the molecule is Cc1cc(/C=C2/C(=O)NC(=O)N(c3ccccc3)C2=O)c(C)n1-c1cccc(C(F)(F)F)c1. The quantitative estimate of drug-likeness (QED) is 0.458. The fourth-order valence-electron chi connectivity index (χ4n) is 3.78. The van der Waals surface area contributed by atoms with Gasteiger partial charge in [0.25, 0.3) is 11.8 Å². The number of urea groups is 1. The Labute approximate surface area is 186 Å². The number of imide groups is 2. The molecule has 1 N–H and O–H groups in total. The highest BCUT2D eigenvalue weighted by molar-refractivity contribution is 6.39. The van der Waals surface area contributed by atoms with Gasteiger partial charge in [-0.1, -0.05) is 24.3 Å². The predicted octanol–water partition coefficient (Wildman–Crippen LogP) is 4.78. The minimum atomic E-state index is -4.49. The average Bonchev–Trinajstić information content (AvgIpc) is 3.04. The zero-order chi connectivity index (χ0) is 23.9. The van der Waals surface area contributed by atoms with Crippen LogP contribution in [-0.2, 0) is 15.8 Å². The summed E-state index contributed by atoms with van der Waals surface area (Å²) in [6.07, 6.45) is -3.15. The first-order valence-electron chi connectivity index (χ1n) is 9.91. The molecule has 0 radical (unpaired) electrons. The molecule has 4 amide bonds. The molecule has 1 fully saturated rings. The van der Waals surface area contributed by atoms with Crippen molar-refractivity contribution in [1.82, 2.24) is 9.88 Å². The molecule has 0 bridgehead atoms. The molecular weight excluding hydrogens is 435 g/mol. The number of nitrogens with one attached hydrogen (secondary N) is 1. The normalized spacial score (nSPS) is 15.8. The summed E-state index contributed by atoms with van der Waals surface area (Å²) in [5.74, 6) is -1.64. The third kappa shape index (κ3) is 4.05. The fourth-order valence-corrected chi connectivity index (χ4v) is 3.78. The maximum absolute atomic E-state index is 13.2. The molecule has 0 spiro atoms. The van der Waals surface area contributed by atoms with Gasteiger partial charge in [0.05, 0.1) is 11.3 Å². The van der Waals surface area contributed by atoms with Crippen LogP contribution in [0.4, 0.5) is 23.7 Å². The second-order valence-electron chi connectivity index (χ2n) is 7.50. The number of para-hydroxylation sites is 1. The van der Waals surface area contributed by atoms with E-state index in [1.54, 1.807) is 60.9 Å². The molecule has 33 heavy (non-hydrogen) atoms. The molecule has 0 saturated carbocycles. The van der Waals surface area contributed by atoms with E-state index in [2.05, 4.69) is 5.32 Å². The number of alkyl halides is 3. The lowest BCUT2D eigenvalue weighted by Crippen LogP contribution is -2.54. The third-order valence-corrected chi connectivity index (χ3v) is 5.32. The van der Waals surface area contributed by atoms with Crippen LogP contribution in [0.15, 0.2) is 66.2 Å². The summed E-state index contributed by atoms with van der Waals surface area (Å²) in [6.45, 7) is 3.38. The number of aromatic nitrogens is 1. The summed E-state index contributed by atoms with van der Waals surface area (Å²) in [4.78, 5) is 38.6. The number of aryl methyl sites for hydroxylation is 1. The van der Waals surface area contributed by atoms with E-state index in [9.17, 15) is 27.6 Å². The minimum Gasteiger partial charge on any atom is -0.318 e. The summed E-state index contributed by atoms with van der Waals surface area (Å²) in [5.41, 5.74) is 1.15. The molecule has 1 saturated heterocycles. The summed E-state index contributed by atoms with van der Waals surface area (Å²) in [7, 11) is 0. The Kier molecular flexibility index (Phi) is 5.41. The van der Waals surface area contributed by atoms with E-state index in [-0.39, 0.29) is 5.57 Å². The van der Waals surface area contributed by atoms with Crippen molar-refractivity contribution >= 4 is 29.6 Å². The first-order valence-corrected chi connectivity index (χ1v) is 9.91. The van der Waals surface area contributed by atoms with Crippen LogP contribution in [0.3, 0.4) is 0 Å². The van der Waals surface area contributed by atoms with E-state index >= 15 is 0 Å². The molecular formula is C24H18F3N3O3. The second kappa shape index (κ2) is 8.09. The number of hydrogen-bond acceptors (Lipinski definition) is 3. The number of rotatable bonds is 3. The number of benzene rings is 2. The number of carbonyl (C=O) groups excluding carboxylic acids is 3. The number of amides is 4. The predicted molar refractivity (Wildman–Crippen MR) is 116 cm³/mol. The van der Waals surface area contributed by atoms with Crippen molar-refractivity contribution in [3.8, 4) is 5.69 Å². The Balaban J connectivity index is 1.76. The average molecular weight is 453 g/mol. The van der Waals surface area contributed by atoms with Crippen LogP contribution in [0.25, 0.3) is 11.8 Å². The number of hydrogen-bond donors (Lipinski definition) is 1. The van der Waals surface area contributed by atoms with Crippen molar-refractivity contribution in [2.45, 2.75) is 20.0 Å². The van der Waals surface area contributed by atoms with Gasteiger partial charge in [-0.15, -0.1) is 0 Å². The van der Waals surface area contributed by atoms with E-state index < -0.39 is 29.6 Å². The molecule has 0 atom stereocenters. The van der Waals surface area contributed by atoms with Crippen LogP contribution in [0, 0.1) is 13.8 Å². The summed E-state index contributed by atoms with van der Waals surface area (Å²) in [6, 6.07) is 13.8. The molecule has 2 aromatic carbocycles. The molecule has 3 aromatic rings. The Bertz CT molecular complexity index is 1310. The van der Waals surface area contributed by atoms with E-state index in [0.29, 0.717) is 28.3 Å². The summed E-state index contributed by atoms with van der Waals surface area (Å²) in [5, 5.41) is 2.15. The van der Waals surface area contributed by atoms with Gasteiger partial charge in [-0.25, -0.2) is 9.69 Å². The molecule has 168 valence electrons. The topological polar surface area (TPSA) is 71.4 Å². The minimum absolute atomic E-state index is 0.261. The monoisotopic (exact) mass is 453 g/mol. The number of halogens is 3.